The Hall–Kier alpha value is -1.74. The summed E-state index contributed by atoms with van der Waals surface area (Å²) in [5.41, 5.74) is -1.03. The van der Waals surface area contributed by atoms with Crippen LogP contribution in [0.3, 0.4) is 0 Å². The van der Waals surface area contributed by atoms with Crippen LogP contribution < -0.4 is 10.2 Å². The molecule has 1 aromatic rings. The van der Waals surface area contributed by atoms with E-state index in [1.807, 2.05) is 27.7 Å². The Bertz CT molecular complexity index is 801. The molecule has 1 heterocycles. The van der Waals surface area contributed by atoms with Gasteiger partial charge in [-0.1, -0.05) is 58.4 Å². The molecule has 0 aliphatic carbocycles. The molecule has 1 fully saturated rings. The minimum atomic E-state index is -4.93. The number of hydrogen-bond donors (Lipinski definition) is 0. The van der Waals surface area contributed by atoms with Crippen molar-refractivity contribution in [2.75, 3.05) is 13.1 Å². The number of carbonyl (C=O) groups is 1. The lowest BCUT2D eigenvalue weighted by Crippen LogP contribution is -2.41. The fourth-order valence-electron chi connectivity index (χ4n) is 3.99. The van der Waals surface area contributed by atoms with Crippen molar-refractivity contribution >= 4 is 18.5 Å². The second kappa shape index (κ2) is 12.5. The second-order valence-electron chi connectivity index (χ2n) is 10.3. The highest BCUT2D eigenvalue weighted by Crippen LogP contribution is 2.37. The summed E-state index contributed by atoms with van der Waals surface area (Å²) in [4.78, 5) is 15.1. The molecule has 0 atom stereocenters. The molecule has 1 saturated heterocycles. The Labute approximate surface area is 208 Å². The van der Waals surface area contributed by atoms with E-state index in [1.165, 1.54) is 12.1 Å². The molecule has 35 heavy (non-hydrogen) atoms. The number of nitrogens with zero attached hydrogens (tertiary/aromatic N) is 1. The van der Waals surface area contributed by atoms with Crippen LogP contribution in [0.1, 0.15) is 103 Å². The molecule has 1 aliphatic heterocycles. The predicted molar refractivity (Wildman–Crippen MR) is 133 cm³/mol. The van der Waals surface area contributed by atoms with Crippen LogP contribution >= 0.6 is 0 Å². The van der Waals surface area contributed by atoms with Crippen LogP contribution in [0, 0.1) is 0 Å². The number of unbranched alkanes of at least 4 members (excludes halogenated alkanes) is 6. The fraction of sp³-hybridized carbons (Fsp3) is 0.731. The average Bonchev–Trinajstić information content (AvgIpc) is 2.98. The number of ether oxygens (including phenoxy) is 1. The summed E-state index contributed by atoms with van der Waals surface area (Å²) in [6, 6.07) is 4.20. The van der Waals surface area contributed by atoms with Gasteiger partial charge in [0.05, 0.1) is 16.8 Å². The van der Waals surface area contributed by atoms with Gasteiger partial charge in [-0.2, -0.15) is 0 Å². The summed E-state index contributed by atoms with van der Waals surface area (Å²) in [6.45, 7) is 12.7. The van der Waals surface area contributed by atoms with Crippen molar-refractivity contribution in [1.82, 2.24) is 4.90 Å². The predicted octanol–water partition coefficient (Wildman–Crippen LogP) is 6.49. The van der Waals surface area contributed by atoms with Gasteiger partial charge in [0.25, 0.3) is 5.91 Å². The molecule has 1 aliphatic rings. The zero-order chi connectivity index (χ0) is 26.3. The maximum atomic E-state index is 13.4. The number of hydrogen-bond acceptors (Lipinski definition) is 4. The van der Waals surface area contributed by atoms with Crippen LogP contribution in [-0.2, 0) is 9.31 Å². The van der Waals surface area contributed by atoms with E-state index < -0.39 is 36.3 Å². The van der Waals surface area contributed by atoms with Gasteiger partial charge in [0.1, 0.15) is 5.75 Å². The maximum absolute atomic E-state index is 13.4. The van der Waals surface area contributed by atoms with Crippen LogP contribution in [0.5, 0.6) is 5.75 Å². The maximum Gasteiger partial charge on any atom is 0.573 e. The Kier molecular flexibility index (Phi) is 10.5. The Morgan fingerprint density at radius 2 is 1.43 bits per heavy atom. The molecule has 1 aromatic carbocycles. The Balaban J connectivity index is 2.32. The van der Waals surface area contributed by atoms with E-state index in [-0.39, 0.29) is 5.56 Å². The van der Waals surface area contributed by atoms with E-state index in [1.54, 1.807) is 11.0 Å². The van der Waals surface area contributed by atoms with Gasteiger partial charge in [-0.3, -0.25) is 4.79 Å². The minimum Gasteiger partial charge on any atom is -0.405 e. The topological polar surface area (TPSA) is 48.0 Å². The number of rotatable bonds is 13. The molecule has 0 bridgehead atoms. The van der Waals surface area contributed by atoms with Crippen molar-refractivity contribution in [1.29, 1.82) is 0 Å². The number of benzene rings is 1. The first-order chi connectivity index (χ1) is 16.3. The molecule has 0 unspecified atom stereocenters. The van der Waals surface area contributed by atoms with E-state index in [0.29, 0.717) is 18.6 Å². The van der Waals surface area contributed by atoms with Gasteiger partial charge in [-0.05, 0) is 58.1 Å². The van der Waals surface area contributed by atoms with Gasteiger partial charge in [0.15, 0.2) is 0 Å². The summed E-state index contributed by atoms with van der Waals surface area (Å²) >= 11 is 0. The zero-order valence-corrected chi connectivity index (χ0v) is 22.1. The van der Waals surface area contributed by atoms with Crippen molar-refractivity contribution in [3.8, 4) is 5.75 Å². The number of halogens is 3. The molecule has 0 radical (unpaired) electrons. The van der Waals surface area contributed by atoms with Gasteiger partial charge in [0, 0.05) is 13.1 Å². The summed E-state index contributed by atoms with van der Waals surface area (Å²) in [5.74, 6) is -0.973. The summed E-state index contributed by atoms with van der Waals surface area (Å²) < 4.78 is 56.2. The summed E-state index contributed by atoms with van der Waals surface area (Å²) in [7, 11) is -0.862. The Morgan fingerprint density at radius 1 is 0.914 bits per heavy atom. The average molecular weight is 499 g/mol. The molecular formula is C26H41BF3NO4. The van der Waals surface area contributed by atoms with Crippen molar-refractivity contribution in [3.63, 3.8) is 0 Å². The van der Waals surface area contributed by atoms with Crippen LogP contribution in [-0.4, -0.2) is 48.6 Å². The normalized spacial score (nSPS) is 17.0. The minimum absolute atomic E-state index is 0.103. The molecule has 0 N–H and O–H groups in total. The van der Waals surface area contributed by atoms with Crippen LogP contribution in [0.25, 0.3) is 0 Å². The lowest BCUT2D eigenvalue weighted by Gasteiger charge is -2.32. The van der Waals surface area contributed by atoms with Gasteiger partial charge in [-0.25, -0.2) is 0 Å². The third kappa shape index (κ3) is 8.41. The van der Waals surface area contributed by atoms with E-state index in [2.05, 4.69) is 18.6 Å². The van der Waals surface area contributed by atoms with E-state index in [0.717, 1.165) is 51.4 Å². The van der Waals surface area contributed by atoms with E-state index in [4.69, 9.17) is 9.31 Å². The molecule has 2 rings (SSSR count). The lowest BCUT2D eigenvalue weighted by atomic mass is 9.78. The van der Waals surface area contributed by atoms with Gasteiger partial charge >= 0.3 is 13.5 Å². The van der Waals surface area contributed by atoms with Gasteiger partial charge in [0.2, 0.25) is 0 Å². The van der Waals surface area contributed by atoms with Crippen LogP contribution in [0.2, 0.25) is 0 Å². The van der Waals surface area contributed by atoms with E-state index >= 15 is 0 Å². The molecule has 9 heteroatoms. The summed E-state index contributed by atoms with van der Waals surface area (Å²) in [6.07, 6.45) is 2.89. The molecule has 0 aromatic heterocycles. The third-order valence-electron chi connectivity index (χ3n) is 6.84. The standard InChI is InChI=1S/C26H41BF3NO4/c1-7-9-11-13-17-31(18-14-12-10-8-2)23(32)21-16-15-20(19-22(21)33-26(28,29)30)27-34-24(3,4)25(5,6)35-27/h15-16,19H,7-14,17-18H2,1-6H3. The lowest BCUT2D eigenvalue weighted by molar-refractivity contribution is -0.274. The van der Waals surface area contributed by atoms with E-state index in [9.17, 15) is 18.0 Å². The largest absolute Gasteiger partial charge is 0.573 e. The smallest absolute Gasteiger partial charge is 0.405 e. The summed E-state index contributed by atoms with van der Waals surface area (Å²) in [5, 5.41) is 0. The van der Waals surface area contributed by atoms with Crippen molar-refractivity contribution in [2.45, 2.75) is 110 Å². The monoisotopic (exact) mass is 499 g/mol. The fourth-order valence-corrected chi connectivity index (χ4v) is 3.99. The van der Waals surface area contributed by atoms with Gasteiger partial charge < -0.3 is 18.9 Å². The number of amides is 1. The highest BCUT2D eigenvalue weighted by atomic mass is 19.4. The van der Waals surface area contributed by atoms with Crippen LogP contribution in [0.15, 0.2) is 18.2 Å². The molecule has 1 amide bonds. The first kappa shape index (κ1) is 29.5. The molecule has 198 valence electrons. The first-order valence-corrected chi connectivity index (χ1v) is 12.9. The van der Waals surface area contributed by atoms with Crippen molar-refractivity contribution < 1.29 is 32.0 Å². The number of carbonyl (C=O) groups excluding carboxylic acids is 1. The highest BCUT2D eigenvalue weighted by Gasteiger charge is 2.52. The van der Waals surface area contributed by atoms with Crippen molar-refractivity contribution in [2.24, 2.45) is 0 Å². The molecule has 0 saturated carbocycles. The Morgan fingerprint density at radius 3 is 1.89 bits per heavy atom. The highest BCUT2D eigenvalue weighted by molar-refractivity contribution is 6.62. The molecule has 0 spiro atoms. The van der Waals surface area contributed by atoms with Gasteiger partial charge in [-0.15, -0.1) is 13.2 Å². The zero-order valence-electron chi connectivity index (χ0n) is 22.1. The number of alkyl halides is 3. The first-order valence-electron chi connectivity index (χ1n) is 12.9. The quantitative estimate of drug-likeness (QED) is 0.230. The molecule has 5 nitrogen and oxygen atoms in total. The van der Waals surface area contributed by atoms with Crippen LogP contribution in [0.4, 0.5) is 13.2 Å². The SMILES string of the molecule is CCCCCCN(CCCCCC)C(=O)c1ccc(B2OC(C)(C)C(C)(C)O2)cc1OC(F)(F)F. The molecular weight excluding hydrogens is 458 g/mol. The second-order valence-corrected chi connectivity index (χ2v) is 10.3. The van der Waals surface area contributed by atoms with Crippen molar-refractivity contribution in [3.05, 3.63) is 23.8 Å². The third-order valence-corrected chi connectivity index (χ3v) is 6.84.